The summed E-state index contributed by atoms with van der Waals surface area (Å²) in [6.45, 7) is 3.91. The molecule has 0 radical (unpaired) electrons. The lowest BCUT2D eigenvalue weighted by Gasteiger charge is -2.34. The van der Waals surface area contributed by atoms with Gasteiger partial charge >= 0.3 is 5.97 Å². The molecular weight excluding hydrogens is 376 g/mol. The number of ether oxygens (including phenoxy) is 1. The maximum absolute atomic E-state index is 13.4. The zero-order valence-corrected chi connectivity index (χ0v) is 18.3. The number of allylic oxidation sites excluding steroid dienone is 5. The predicted molar refractivity (Wildman–Crippen MR) is 116 cm³/mol. The summed E-state index contributed by atoms with van der Waals surface area (Å²) in [6, 6.07) is 0. The summed E-state index contributed by atoms with van der Waals surface area (Å²) in [5.74, 6) is 0.997. The van der Waals surface area contributed by atoms with Gasteiger partial charge in [0.15, 0.2) is 5.78 Å². The molecule has 4 heteroatoms. The Balaban J connectivity index is 1.63. The van der Waals surface area contributed by atoms with E-state index in [9.17, 15) is 14.7 Å². The highest BCUT2D eigenvalue weighted by atomic mass is 16.5. The van der Waals surface area contributed by atoms with Crippen molar-refractivity contribution < 1.29 is 19.4 Å². The van der Waals surface area contributed by atoms with Gasteiger partial charge in [-0.25, -0.2) is 0 Å². The Labute approximate surface area is 180 Å². The molecule has 8 atom stereocenters. The second kappa shape index (κ2) is 9.21. The molecule has 1 saturated heterocycles. The number of aliphatic hydroxyl groups excluding tert-OH is 1. The summed E-state index contributed by atoms with van der Waals surface area (Å²) < 4.78 is 5.83. The van der Waals surface area contributed by atoms with E-state index in [1.807, 2.05) is 19.1 Å². The van der Waals surface area contributed by atoms with E-state index in [0.717, 1.165) is 18.4 Å². The summed E-state index contributed by atoms with van der Waals surface area (Å²) >= 11 is 0. The molecule has 4 nitrogen and oxygen atoms in total. The van der Waals surface area contributed by atoms with E-state index in [1.165, 1.54) is 19.3 Å². The molecule has 1 aliphatic heterocycles. The van der Waals surface area contributed by atoms with Crippen molar-refractivity contribution in [3.63, 3.8) is 0 Å². The van der Waals surface area contributed by atoms with E-state index in [0.29, 0.717) is 30.6 Å². The second-order valence-corrected chi connectivity index (χ2v) is 9.75. The molecule has 1 heterocycles. The van der Waals surface area contributed by atoms with Crippen LogP contribution in [0, 0.1) is 35.5 Å². The molecule has 0 aromatic heterocycles. The molecule has 0 aromatic rings. The summed E-state index contributed by atoms with van der Waals surface area (Å²) in [4.78, 5) is 26.3. The number of hydrogen-bond donors (Lipinski definition) is 1. The fourth-order valence-corrected chi connectivity index (χ4v) is 6.20. The Hall–Kier alpha value is -1.68. The maximum Gasteiger partial charge on any atom is 0.307 e. The van der Waals surface area contributed by atoms with Crippen LogP contribution in [0.1, 0.15) is 65.2 Å². The predicted octanol–water partition coefficient (Wildman–Crippen LogP) is 4.78. The molecule has 2 fully saturated rings. The lowest BCUT2D eigenvalue weighted by atomic mass is 9.70. The molecule has 7 unspecified atom stereocenters. The smallest absolute Gasteiger partial charge is 0.307 e. The van der Waals surface area contributed by atoms with Crippen LogP contribution in [0.5, 0.6) is 0 Å². The quantitative estimate of drug-likeness (QED) is 0.524. The zero-order valence-electron chi connectivity index (χ0n) is 18.3. The molecule has 4 aliphatic rings. The zero-order chi connectivity index (χ0) is 21.3. The highest BCUT2D eigenvalue weighted by Crippen LogP contribution is 2.53. The molecule has 164 valence electrons. The second-order valence-electron chi connectivity index (χ2n) is 9.75. The van der Waals surface area contributed by atoms with Crippen LogP contribution in [0.15, 0.2) is 36.0 Å². The van der Waals surface area contributed by atoms with E-state index >= 15 is 0 Å². The average Bonchev–Trinajstić information content (AvgIpc) is 3.34. The van der Waals surface area contributed by atoms with Crippen LogP contribution in [0.25, 0.3) is 0 Å². The minimum absolute atomic E-state index is 0.0284. The fourth-order valence-electron chi connectivity index (χ4n) is 6.20. The lowest BCUT2D eigenvalue weighted by Crippen LogP contribution is -2.33. The number of Topliss-reactive ketones (excluding diaryl/α,β-unsaturated/α-hetero) is 1. The summed E-state index contributed by atoms with van der Waals surface area (Å²) in [5.41, 5.74) is 0.770. The van der Waals surface area contributed by atoms with Crippen LogP contribution in [0.4, 0.5) is 0 Å². The Bertz CT molecular complexity index is 748. The van der Waals surface area contributed by atoms with Crippen molar-refractivity contribution in [2.24, 2.45) is 35.5 Å². The van der Waals surface area contributed by atoms with Gasteiger partial charge in [-0.15, -0.1) is 0 Å². The lowest BCUT2D eigenvalue weighted by molar-refractivity contribution is -0.148. The van der Waals surface area contributed by atoms with Crippen molar-refractivity contribution in [3.8, 4) is 0 Å². The van der Waals surface area contributed by atoms with Gasteiger partial charge in [0.1, 0.15) is 6.10 Å². The van der Waals surface area contributed by atoms with E-state index in [2.05, 4.69) is 25.2 Å². The van der Waals surface area contributed by atoms with Gasteiger partial charge in [-0.1, -0.05) is 44.6 Å². The molecule has 4 rings (SSSR count). The van der Waals surface area contributed by atoms with Gasteiger partial charge in [0, 0.05) is 11.8 Å². The van der Waals surface area contributed by atoms with Crippen LogP contribution in [0.2, 0.25) is 0 Å². The fraction of sp³-hybridized carbons (Fsp3) is 0.692. The number of cyclic esters (lactones) is 1. The topological polar surface area (TPSA) is 63.6 Å². The normalized spacial score (nSPS) is 42.0. The number of aliphatic hydroxyl groups is 1. The van der Waals surface area contributed by atoms with Crippen molar-refractivity contribution in [2.45, 2.75) is 77.4 Å². The van der Waals surface area contributed by atoms with E-state index in [1.54, 1.807) is 0 Å². The molecule has 1 saturated carbocycles. The monoisotopic (exact) mass is 412 g/mol. The molecule has 0 aromatic carbocycles. The van der Waals surface area contributed by atoms with Crippen LogP contribution in [-0.4, -0.2) is 29.1 Å². The Morgan fingerprint density at radius 3 is 2.70 bits per heavy atom. The third-order valence-corrected chi connectivity index (χ3v) is 7.90. The van der Waals surface area contributed by atoms with Crippen LogP contribution in [0.3, 0.4) is 0 Å². The first-order valence-corrected chi connectivity index (χ1v) is 12.0. The highest BCUT2D eigenvalue weighted by molar-refractivity contribution is 5.99. The largest absolute Gasteiger partial charge is 0.458 e. The van der Waals surface area contributed by atoms with E-state index in [-0.39, 0.29) is 36.1 Å². The first kappa shape index (κ1) is 21.5. The molecule has 0 spiro atoms. The number of fused-ring (bicyclic) bond motifs is 5. The Morgan fingerprint density at radius 2 is 1.90 bits per heavy atom. The van der Waals surface area contributed by atoms with Crippen LogP contribution >= 0.6 is 0 Å². The SMILES string of the molecule is CC/C=C/C1CCCC(O)[C@@H](C)C(=O)C2=CC3C(C=CC4CCCC43)C2CC(=O)O1. The number of esters is 1. The van der Waals surface area contributed by atoms with Crippen LogP contribution < -0.4 is 0 Å². The van der Waals surface area contributed by atoms with Gasteiger partial charge in [0.05, 0.1) is 12.5 Å². The molecular formula is C26H36O4. The summed E-state index contributed by atoms with van der Waals surface area (Å²) in [7, 11) is 0. The summed E-state index contributed by atoms with van der Waals surface area (Å²) in [5, 5.41) is 10.7. The first-order valence-electron chi connectivity index (χ1n) is 12.0. The molecule has 1 N–H and O–H groups in total. The third-order valence-electron chi connectivity index (χ3n) is 7.90. The van der Waals surface area contributed by atoms with Crippen molar-refractivity contribution >= 4 is 11.8 Å². The molecule has 0 amide bonds. The minimum Gasteiger partial charge on any atom is -0.458 e. The molecule has 0 bridgehead atoms. The van der Waals surface area contributed by atoms with E-state index in [4.69, 9.17) is 4.74 Å². The van der Waals surface area contributed by atoms with Gasteiger partial charge in [0.25, 0.3) is 0 Å². The number of rotatable bonds is 2. The molecule has 3 aliphatic carbocycles. The highest BCUT2D eigenvalue weighted by Gasteiger charge is 2.48. The Morgan fingerprint density at radius 1 is 1.10 bits per heavy atom. The van der Waals surface area contributed by atoms with Gasteiger partial charge in [0.2, 0.25) is 0 Å². The van der Waals surface area contributed by atoms with Crippen LogP contribution in [-0.2, 0) is 14.3 Å². The van der Waals surface area contributed by atoms with Crippen molar-refractivity contribution in [1.82, 2.24) is 0 Å². The van der Waals surface area contributed by atoms with Crippen molar-refractivity contribution in [3.05, 3.63) is 36.0 Å². The number of hydrogen-bond acceptors (Lipinski definition) is 4. The number of carbonyl (C=O) groups is 2. The third kappa shape index (κ3) is 4.21. The summed E-state index contributed by atoms with van der Waals surface area (Å²) in [6.07, 6.45) is 16.7. The van der Waals surface area contributed by atoms with Gasteiger partial charge in [-0.3, -0.25) is 9.59 Å². The van der Waals surface area contributed by atoms with Gasteiger partial charge in [-0.05, 0) is 73.8 Å². The average molecular weight is 413 g/mol. The number of ketones is 1. The first-order chi connectivity index (χ1) is 14.5. The van der Waals surface area contributed by atoms with Crippen molar-refractivity contribution in [2.75, 3.05) is 0 Å². The van der Waals surface area contributed by atoms with Crippen molar-refractivity contribution in [1.29, 1.82) is 0 Å². The standard InChI is InChI=1S/C26H36O4/c1-3-4-8-18-9-6-11-24(27)16(2)26(29)23-14-21-19-10-5-7-17(19)12-13-20(21)22(23)15-25(28)30-18/h4,8,12-14,16-22,24,27H,3,5-7,9-11,15H2,1-2H3/b8-4+/t16-,17?,18?,19?,20?,21?,22?,24?/m1/s1. The maximum atomic E-state index is 13.4. The Kier molecular flexibility index (Phi) is 6.62. The van der Waals surface area contributed by atoms with E-state index < -0.39 is 12.0 Å². The van der Waals surface area contributed by atoms with Gasteiger partial charge < -0.3 is 9.84 Å². The number of carbonyl (C=O) groups excluding carboxylic acids is 2. The van der Waals surface area contributed by atoms with Gasteiger partial charge in [-0.2, -0.15) is 0 Å². The molecule has 30 heavy (non-hydrogen) atoms. The minimum atomic E-state index is -0.651.